The number of ether oxygens (including phenoxy) is 4. The van der Waals surface area contributed by atoms with Gasteiger partial charge < -0.3 is 80.2 Å². The van der Waals surface area contributed by atoms with Gasteiger partial charge in [-0.15, -0.1) is 0 Å². The van der Waals surface area contributed by atoms with Crippen molar-refractivity contribution in [2.75, 3.05) is 156 Å². The lowest BCUT2D eigenvalue weighted by atomic mass is 10.0. The molecule has 8 heterocycles. The number of likely N-dealkylation sites (N-methyl/N-ethyl adjacent to an activating group) is 1. The molecule has 1 unspecified atom stereocenters. The number of carbonyl (C=O) groups excluding carboxylic acids is 4. The van der Waals surface area contributed by atoms with Gasteiger partial charge in [0.25, 0.3) is 0 Å². The number of carbonyl (C=O) groups is 4. The minimum atomic E-state index is -0.170. The summed E-state index contributed by atoms with van der Waals surface area (Å²) < 4.78 is 22.8. The van der Waals surface area contributed by atoms with Crippen LogP contribution in [0.15, 0.2) is 164 Å². The van der Waals surface area contributed by atoms with Gasteiger partial charge in [0.2, 0.25) is 5.91 Å². The fourth-order valence-electron chi connectivity index (χ4n) is 15.0. The molecular weight excluding hydrogens is 1400 g/mol. The van der Waals surface area contributed by atoms with E-state index in [-0.39, 0.29) is 42.1 Å². The molecule has 0 radical (unpaired) electrons. The van der Waals surface area contributed by atoms with Gasteiger partial charge in [0.1, 0.15) is 30.5 Å². The summed E-state index contributed by atoms with van der Waals surface area (Å²) in [5.41, 5.74) is 12.4. The minimum Gasteiger partial charge on any atom is -0.493 e. The summed E-state index contributed by atoms with van der Waals surface area (Å²) in [6, 6.07) is 48.5. The van der Waals surface area contributed by atoms with E-state index in [4.69, 9.17) is 18.9 Å². The van der Waals surface area contributed by atoms with Crippen molar-refractivity contribution in [3.05, 3.63) is 181 Å². The topological polar surface area (TPSA) is 235 Å². The van der Waals surface area contributed by atoms with Crippen LogP contribution in [0.5, 0.6) is 17.2 Å². The molecule has 0 aliphatic carbocycles. The van der Waals surface area contributed by atoms with Crippen LogP contribution in [0.1, 0.15) is 127 Å². The van der Waals surface area contributed by atoms with Crippen LogP contribution in [-0.4, -0.2) is 197 Å². The van der Waals surface area contributed by atoms with Gasteiger partial charge in [-0.3, -0.25) is 19.7 Å². The SMILES string of the molecule is CC(C)c1ccc(NC(=O)NC2CCN(c3ccnc4cc(OCCCN5CCN(C)CC5)ccc34)CC2)cc1.CC(C)c1ccc(NC(=O)NC2CCN(c3ccnc4cc(OCCN5CCCC5=O)ccc34)CC2)cc1.COCCOc1ccc2c(N3CCC(NC(=O)Nc4ccc(C(C)C)cc4)C3)ccnc2c1. The zero-order valence-electron chi connectivity index (χ0n) is 66.0. The van der Waals surface area contributed by atoms with Gasteiger partial charge in [-0.2, -0.15) is 0 Å². The molecule has 23 nitrogen and oxygen atoms in total. The van der Waals surface area contributed by atoms with E-state index in [0.29, 0.717) is 50.5 Å². The van der Waals surface area contributed by atoms with Crippen LogP contribution in [0.2, 0.25) is 0 Å². The van der Waals surface area contributed by atoms with Crippen molar-refractivity contribution in [1.82, 2.24) is 45.6 Å². The van der Waals surface area contributed by atoms with Crippen molar-refractivity contribution < 1.29 is 38.1 Å². The Morgan fingerprint density at radius 3 is 1.23 bits per heavy atom. The average Bonchev–Trinajstić information content (AvgIpc) is 1.78. The summed E-state index contributed by atoms with van der Waals surface area (Å²) in [6.45, 7) is 27.4. The molecule has 14 rings (SSSR count). The first-order chi connectivity index (χ1) is 53.9. The van der Waals surface area contributed by atoms with Gasteiger partial charge in [0.15, 0.2) is 0 Å². The number of anilines is 6. The van der Waals surface area contributed by atoms with Crippen molar-refractivity contribution >= 4 is 90.8 Å². The fourth-order valence-corrected chi connectivity index (χ4v) is 15.0. The van der Waals surface area contributed by atoms with Gasteiger partial charge in [0.05, 0.1) is 36.3 Å². The maximum Gasteiger partial charge on any atom is 0.319 e. The zero-order chi connectivity index (χ0) is 77.6. The number of methoxy groups -OCH3 is 1. The second kappa shape index (κ2) is 39.4. The highest BCUT2D eigenvalue weighted by Crippen LogP contribution is 2.35. The summed E-state index contributed by atoms with van der Waals surface area (Å²) in [5.74, 6) is 4.05. The number of fused-ring (bicyclic) bond motifs is 3. The first kappa shape index (κ1) is 80.0. The first-order valence-corrected chi connectivity index (χ1v) is 39.9. The molecular formula is C88H113N15O8. The molecule has 7 amide bonds. The maximum atomic E-state index is 12.6. The van der Waals surface area contributed by atoms with E-state index in [9.17, 15) is 19.2 Å². The molecule has 23 heteroatoms. The summed E-state index contributed by atoms with van der Waals surface area (Å²) in [4.78, 5) is 77.0. The highest BCUT2D eigenvalue weighted by molar-refractivity contribution is 5.96. The highest BCUT2D eigenvalue weighted by Gasteiger charge is 2.28. The standard InChI is InChI=1S/C32H44N6O2.C30H37N5O3.C26H32N4O3/c1-24(2)25-5-7-26(8-6-25)34-32(39)35-27-12-16-38(17-13-27)31-11-14-33-30-23-28(9-10-29(30)31)40-22-4-15-37-20-18-36(3)19-21-37;1-21(2)22-5-7-23(8-6-22)32-30(37)33-24-12-16-34(17-13-24)28-11-14-31-27-20-25(9-10-26(27)28)38-19-18-35-15-3-4-29(35)36;1-18(2)19-4-6-20(7-5-19)28-26(31)29-21-11-13-30(17-21)25-10-12-27-24-16-22(8-9-23(24)25)33-15-14-32-3/h5-11,14,23-24,27H,4,12-13,15-22H2,1-3H3,(H2,34,35,39);5-11,14,20-21,24H,3-4,12-13,15-19H2,1-2H3,(H2,32,33,37);4-10,12,16,18,21H,11,13-15,17H2,1-3H3,(H2,28,29,31). The van der Waals surface area contributed by atoms with E-state index in [0.717, 1.165) is 208 Å². The Kier molecular flexibility index (Phi) is 28.4. The van der Waals surface area contributed by atoms with Crippen LogP contribution >= 0.6 is 0 Å². The second-order valence-electron chi connectivity index (χ2n) is 30.6. The lowest BCUT2D eigenvalue weighted by Crippen LogP contribution is -2.46. The number of piperazine rings is 1. The summed E-state index contributed by atoms with van der Waals surface area (Å²) in [6.07, 6.45) is 12.6. The van der Waals surface area contributed by atoms with Gasteiger partial charge in [0, 0.05) is 197 Å². The first-order valence-electron chi connectivity index (χ1n) is 39.9. The van der Waals surface area contributed by atoms with Gasteiger partial charge in [-0.05, 0) is 177 Å². The van der Waals surface area contributed by atoms with Crippen LogP contribution in [-0.2, 0) is 9.53 Å². The number of rotatable bonds is 25. The number of hydrogen-bond acceptors (Lipinski definition) is 16. The van der Waals surface area contributed by atoms with Crippen LogP contribution in [0.25, 0.3) is 32.7 Å². The molecule has 1 atom stereocenters. The summed E-state index contributed by atoms with van der Waals surface area (Å²) in [5, 5.41) is 21.6. The van der Waals surface area contributed by atoms with Crippen LogP contribution < -0.4 is 60.8 Å². The summed E-state index contributed by atoms with van der Waals surface area (Å²) in [7, 11) is 3.85. The number of nitrogens with one attached hydrogen (secondary N) is 6. The second-order valence-corrected chi connectivity index (χ2v) is 30.6. The Morgan fingerprint density at radius 2 is 0.820 bits per heavy atom. The molecule has 5 aliphatic heterocycles. The summed E-state index contributed by atoms with van der Waals surface area (Å²) >= 11 is 0. The maximum absolute atomic E-state index is 12.6. The van der Waals surface area contributed by atoms with E-state index >= 15 is 0 Å². The van der Waals surface area contributed by atoms with Crippen molar-refractivity contribution in [2.24, 2.45) is 0 Å². The zero-order valence-corrected chi connectivity index (χ0v) is 66.0. The Balaban J connectivity index is 0.000000155. The number of nitrogens with zero attached hydrogens (tertiary/aromatic N) is 9. The fraction of sp³-hybridized carbons (Fsp3) is 0.443. The van der Waals surface area contributed by atoms with E-state index in [1.54, 1.807) is 7.11 Å². The van der Waals surface area contributed by atoms with Crippen LogP contribution in [0, 0.1) is 0 Å². The predicted molar refractivity (Wildman–Crippen MR) is 447 cm³/mol. The number of piperidine rings is 2. The van der Waals surface area contributed by atoms with Crippen LogP contribution in [0.4, 0.5) is 48.5 Å². The smallest absolute Gasteiger partial charge is 0.319 e. The molecule has 6 N–H and O–H groups in total. The monoisotopic (exact) mass is 1510 g/mol. The lowest BCUT2D eigenvalue weighted by molar-refractivity contribution is -0.128. The number of hydrogen-bond donors (Lipinski definition) is 6. The Labute approximate surface area is 654 Å². The molecule has 5 fully saturated rings. The Morgan fingerprint density at radius 1 is 0.432 bits per heavy atom. The quantitative estimate of drug-likeness (QED) is 0.0292. The van der Waals surface area contributed by atoms with Crippen molar-refractivity contribution in [2.45, 2.75) is 129 Å². The predicted octanol–water partition coefficient (Wildman–Crippen LogP) is 15.1. The van der Waals surface area contributed by atoms with E-state index in [2.05, 4.69) is 193 Å². The Hall–Kier alpha value is -10.5. The third-order valence-electron chi connectivity index (χ3n) is 21.6. The lowest BCUT2D eigenvalue weighted by Gasteiger charge is -2.34. The molecule has 111 heavy (non-hydrogen) atoms. The van der Waals surface area contributed by atoms with Gasteiger partial charge in [-0.1, -0.05) is 77.9 Å². The molecule has 588 valence electrons. The highest BCUT2D eigenvalue weighted by atomic mass is 16.5. The molecule has 6 aromatic carbocycles. The Bertz CT molecular complexity index is 4500. The van der Waals surface area contributed by atoms with Gasteiger partial charge in [-0.25, -0.2) is 14.4 Å². The van der Waals surface area contributed by atoms with Crippen molar-refractivity contribution in [3.8, 4) is 17.2 Å². The van der Waals surface area contributed by atoms with E-state index < -0.39 is 0 Å². The molecule has 9 aromatic rings. The number of pyridine rings is 3. The van der Waals surface area contributed by atoms with E-state index in [1.807, 2.05) is 96.3 Å². The normalized spacial score (nSPS) is 16.5. The molecule has 5 saturated heterocycles. The molecule has 5 aliphatic rings. The van der Waals surface area contributed by atoms with Gasteiger partial charge >= 0.3 is 18.1 Å². The third kappa shape index (κ3) is 22.8. The minimum absolute atomic E-state index is 0.0832. The van der Waals surface area contributed by atoms with Crippen molar-refractivity contribution in [1.29, 1.82) is 0 Å². The third-order valence-corrected chi connectivity index (χ3v) is 21.6. The van der Waals surface area contributed by atoms with Crippen LogP contribution in [0.3, 0.4) is 0 Å². The molecule has 0 bridgehead atoms. The molecule has 0 spiro atoms. The number of aromatic nitrogens is 3. The largest absolute Gasteiger partial charge is 0.493 e. The number of amides is 7. The van der Waals surface area contributed by atoms with Crippen molar-refractivity contribution in [3.63, 3.8) is 0 Å². The number of benzene rings is 6. The number of likely N-dealkylation sites (tertiary alicyclic amines) is 1. The van der Waals surface area contributed by atoms with E-state index in [1.165, 1.54) is 22.4 Å². The number of urea groups is 3. The average molecular weight is 1510 g/mol. The molecule has 0 saturated carbocycles. The molecule has 3 aromatic heterocycles.